The number of hydrogen-bond donors (Lipinski definition) is 3. The summed E-state index contributed by atoms with van der Waals surface area (Å²) in [6, 6.07) is 20.3. The van der Waals surface area contributed by atoms with Crippen LogP contribution in [0.1, 0.15) is 29.8 Å². The Morgan fingerprint density at radius 2 is 1.60 bits per heavy atom. The van der Waals surface area contributed by atoms with Gasteiger partial charge in [-0.1, -0.05) is 36.4 Å². The number of aromatic nitrogens is 2. The van der Waals surface area contributed by atoms with Gasteiger partial charge in [0.1, 0.15) is 0 Å². The summed E-state index contributed by atoms with van der Waals surface area (Å²) >= 11 is 0. The molecule has 206 valence electrons. The number of para-hydroxylation sites is 2. The van der Waals surface area contributed by atoms with Crippen LogP contribution in [0.3, 0.4) is 0 Å². The highest BCUT2D eigenvalue weighted by molar-refractivity contribution is 6.07. The first kappa shape index (κ1) is 27.0. The van der Waals surface area contributed by atoms with Crippen LogP contribution >= 0.6 is 0 Å². The number of H-pyrrole nitrogens is 1. The van der Waals surface area contributed by atoms with E-state index in [-0.39, 0.29) is 5.91 Å². The highest BCUT2D eigenvalue weighted by atomic mass is 16.5. The molecule has 1 atom stereocenters. The molecule has 2 heterocycles. The second-order valence-electron chi connectivity index (χ2n) is 10.2. The second-order valence-corrected chi connectivity index (χ2v) is 10.2. The van der Waals surface area contributed by atoms with Crippen LogP contribution in [0, 0.1) is 0 Å². The maximum atomic E-state index is 13.9. The fourth-order valence-electron chi connectivity index (χ4n) is 4.97. The van der Waals surface area contributed by atoms with Crippen molar-refractivity contribution in [2.24, 2.45) is 0 Å². The lowest BCUT2D eigenvalue weighted by Crippen LogP contribution is -2.50. The fraction of sp³-hybridized carbons (Fsp3) is 0.250. The molecular weight excluding hydrogens is 506 g/mol. The Hall–Kier alpha value is -4.56. The third-order valence-electron chi connectivity index (χ3n) is 7.18. The molecule has 0 aliphatic carbocycles. The molecule has 0 bridgehead atoms. The monoisotopic (exact) mass is 539 g/mol. The van der Waals surface area contributed by atoms with E-state index < -0.39 is 11.6 Å². The number of nitrogens with one attached hydrogen (secondary N) is 2. The average Bonchev–Trinajstić information content (AvgIpc) is 3.37. The molecule has 1 unspecified atom stereocenters. The number of methoxy groups -OCH3 is 3. The zero-order chi connectivity index (χ0) is 28.4. The number of carbonyl (C=O) groups excluding carboxylic acids is 1. The minimum Gasteiger partial charge on any atom is -0.493 e. The van der Waals surface area contributed by atoms with Gasteiger partial charge >= 0.3 is 0 Å². The summed E-state index contributed by atoms with van der Waals surface area (Å²) in [6.07, 6.45) is 2.38. The molecule has 40 heavy (non-hydrogen) atoms. The van der Waals surface area contributed by atoms with Gasteiger partial charge in [-0.15, -0.1) is 0 Å². The van der Waals surface area contributed by atoms with Crippen molar-refractivity contribution in [1.82, 2.24) is 15.3 Å². The molecule has 0 aliphatic rings. The molecule has 3 aromatic carbocycles. The number of benzene rings is 3. The van der Waals surface area contributed by atoms with E-state index in [1.165, 1.54) is 0 Å². The lowest BCUT2D eigenvalue weighted by Gasteiger charge is -2.30. The molecule has 8 heteroatoms. The van der Waals surface area contributed by atoms with E-state index in [1.54, 1.807) is 53.4 Å². The highest BCUT2D eigenvalue weighted by Crippen LogP contribution is 2.41. The van der Waals surface area contributed by atoms with Gasteiger partial charge in [0.05, 0.1) is 49.7 Å². The topological polar surface area (TPSA) is 106 Å². The molecule has 2 aromatic heterocycles. The zero-order valence-corrected chi connectivity index (χ0v) is 23.2. The Balaban J connectivity index is 1.56. The molecule has 0 radical (unpaired) electrons. The number of nitrogens with zero attached hydrogens (tertiary/aromatic N) is 1. The van der Waals surface area contributed by atoms with E-state index in [9.17, 15) is 9.90 Å². The van der Waals surface area contributed by atoms with Gasteiger partial charge in [0.2, 0.25) is 5.75 Å². The van der Waals surface area contributed by atoms with Crippen LogP contribution in [0.15, 0.2) is 72.9 Å². The molecule has 0 fully saturated rings. The number of pyridine rings is 1. The number of rotatable bonds is 9. The number of fused-ring (bicyclic) bond motifs is 2. The lowest BCUT2D eigenvalue weighted by atomic mass is 9.91. The molecule has 1 amide bonds. The van der Waals surface area contributed by atoms with Gasteiger partial charge in [0, 0.05) is 28.0 Å². The van der Waals surface area contributed by atoms with E-state index in [1.807, 2.05) is 54.7 Å². The smallest absolute Gasteiger partial charge is 0.252 e. The van der Waals surface area contributed by atoms with Gasteiger partial charge < -0.3 is 29.6 Å². The Morgan fingerprint density at radius 1 is 0.950 bits per heavy atom. The largest absolute Gasteiger partial charge is 0.493 e. The molecule has 0 saturated heterocycles. The van der Waals surface area contributed by atoms with Crippen LogP contribution in [-0.4, -0.2) is 54.0 Å². The first-order valence-electron chi connectivity index (χ1n) is 13.0. The first-order valence-corrected chi connectivity index (χ1v) is 13.0. The van der Waals surface area contributed by atoms with Crippen LogP contribution < -0.4 is 19.5 Å². The Kier molecular flexibility index (Phi) is 7.36. The quantitative estimate of drug-likeness (QED) is 0.228. The first-order chi connectivity index (χ1) is 19.2. The summed E-state index contributed by atoms with van der Waals surface area (Å²) in [7, 11) is 4.66. The van der Waals surface area contributed by atoms with Gasteiger partial charge in [0.15, 0.2) is 11.5 Å². The van der Waals surface area contributed by atoms with Gasteiger partial charge in [-0.05, 0) is 56.2 Å². The van der Waals surface area contributed by atoms with Crippen molar-refractivity contribution in [2.75, 3.05) is 21.3 Å². The summed E-state index contributed by atoms with van der Waals surface area (Å²) in [5, 5.41) is 16.0. The second kappa shape index (κ2) is 10.9. The number of hydrogen-bond acceptors (Lipinski definition) is 6. The fourth-order valence-corrected chi connectivity index (χ4v) is 4.97. The molecule has 0 saturated carbocycles. The average molecular weight is 540 g/mol. The van der Waals surface area contributed by atoms with Crippen LogP contribution in [-0.2, 0) is 6.42 Å². The number of ether oxygens (including phenoxy) is 3. The van der Waals surface area contributed by atoms with Crippen molar-refractivity contribution >= 4 is 27.7 Å². The molecule has 8 nitrogen and oxygen atoms in total. The zero-order valence-electron chi connectivity index (χ0n) is 23.2. The van der Waals surface area contributed by atoms with Crippen molar-refractivity contribution < 1.29 is 24.1 Å². The summed E-state index contributed by atoms with van der Waals surface area (Å²) in [6.45, 7) is 3.41. The van der Waals surface area contributed by atoms with E-state index in [0.717, 1.165) is 16.5 Å². The standard InChI is InChI=1S/C32H33N3O5/c1-32(2,37)29(16-20-18-33-24-12-8-6-10-21(20)24)35-31(36)23-17-26(34-25-13-9-7-11-22(23)25)19-14-27(38-3)30(40-5)28(15-19)39-4/h6-15,17-18,29,33,37H,16H2,1-5H3,(H,35,36). The van der Waals surface area contributed by atoms with Crippen LogP contribution in [0.5, 0.6) is 17.2 Å². The van der Waals surface area contributed by atoms with E-state index in [4.69, 9.17) is 19.2 Å². The molecule has 5 aromatic rings. The summed E-state index contributed by atoms with van der Waals surface area (Å²) in [5.74, 6) is 1.13. The van der Waals surface area contributed by atoms with Crippen molar-refractivity contribution in [2.45, 2.75) is 31.9 Å². The van der Waals surface area contributed by atoms with E-state index >= 15 is 0 Å². The maximum absolute atomic E-state index is 13.9. The third-order valence-corrected chi connectivity index (χ3v) is 7.18. The number of aromatic amines is 1. The number of aliphatic hydroxyl groups is 1. The van der Waals surface area contributed by atoms with E-state index in [0.29, 0.717) is 51.4 Å². The predicted molar refractivity (Wildman–Crippen MR) is 156 cm³/mol. The Labute approximate surface area is 232 Å². The highest BCUT2D eigenvalue weighted by Gasteiger charge is 2.30. The van der Waals surface area contributed by atoms with Gasteiger partial charge in [-0.25, -0.2) is 4.98 Å². The summed E-state index contributed by atoms with van der Waals surface area (Å²) in [5.41, 5.74) is 3.22. The number of amides is 1. The minimum atomic E-state index is -1.18. The Bertz CT molecular complexity index is 1660. The third kappa shape index (κ3) is 5.18. The van der Waals surface area contributed by atoms with Gasteiger partial charge in [-0.2, -0.15) is 0 Å². The SMILES string of the molecule is COc1cc(-c2cc(C(=O)NC(Cc3c[nH]c4ccccc34)C(C)(C)O)c3ccccc3n2)cc(OC)c1OC. The number of carbonyl (C=O) groups is 1. The van der Waals surface area contributed by atoms with Crippen molar-refractivity contribution in [3.63, 3.8) is 0 Å². The minimum absolute atomic E-state index is 0.306. The van der Waals surface area contributed by atoms with Crippen molar-refractivity contribution in [1.29, 1.82) is 0 Å². The van der Waals surface area contributed by atoms with Gasteiger partial charge in [-0.3, -0.25) is 4.79 Å². The normalized spacial score (nSPS) is 12.3. The lowest BCUT2D eigenvalue weighted by molar-refractivity contribution is 0.0352. The Morgan fingerprint density at radius 3 is 2.25 bits per heavy atom. The molecule has 0 aliphatic heterocycles. The van der Waals surface area contributed by atoms with Crippen molar-refractivity contribution in [3.8, 4) is 28.5 Å². The predicted octanol–water partition coefficient (Wildman–Crippen LogP) is 5.52. The van der Waals surface area contributed by atoms with Crippen LogP contribution in [0.2, 0.25) is 0 Å². The maximum Gasteiger partial charge on any atom is 0.252 e. The molecule has 3 N–H and O–H groups in total. The van der Waals surface area contributed by atoms with Gasteiger partial charge in [0.25, 0.3) is 5.91 Å². The van der Waals surface area contributed by atoms with E-state index in [2.05, 4.69) is 10.3 Å². The van der Waals surface area contributed by atoms with Crippen LogP contribution in [0.4, 0.5) is 0 Å². The van der Waals surface area contributed by atoms with Crippen LogP contribution in [0.25, 0.3) is 33.1 Å². The summed E-state index contributed by atoms with van der Waals surface area (Å²) < 4.78 is 16.5. The summed E-state index contributed by atoms with van der Waals surface area (Å²) in [4.78, 5) is 22.0. The van der Waals surface area contributed by atoms with Crippen molar-refractivity contribution in [3.05, 3.63) is 84.1 Å². The molecule has 0 spiro atoms. The molecule has 5 rings (SSSR count). The molecular formula is C32H33N3O5.